The van der Waals surface area contributed by atoms with Crippen molar-refractivity contribution in [2.75, 3.05) is 17.7 Å². The lowest BCUT2D eigenvalue weighted by Crippen LogP contribution is -2.34. The van der Waals surface area contributed by atoms with Crippen LogP contribution in [0.1, 0.15) is 6.23 Å². The highest BCUT2D eigenvalue weighted by Crippen LogP contribution is 2.32. The molecular weight excluding hydrogens is 304 g/mol. The molecule has 0 saturated carbocycles. The van der Waals surface area contributed by atoms with Crippen molar-refractivity contribution in [3.8, 4) is 0 Å². The van der Waals surface area contributed by atoms with Gasteiger partial charge >= 0.3 is 0 Å². The second-order valence-electron chi connectivity index (χ2n) is 5.29. The molecule has 2 aromatic heterocycles. The average molecular weight is 323 g/mol. The Bertz CT molecular complexity index is 692. The fourth-order valence-electron chi connectivity index (χ4n) is 2.56. The van der Waals surface area contributed by atoms with Crippen molar-refractivity contribution < 1.29 is 14.9 Å². The quantitative estimate of drug-likeness (QED) is 0.685. The van der Waals surface area contributed by atoms with Crippen LogP contribution >= 0.6 is 0 Å². The molecule has 1 aliphatic heterocycles. The summed E-state index contributed by atoms with van der Waals surface area (Å²) in [5.74, 6) is 0.612. The van der Waals surface area contributed by atoms with Gasteiger partial charge in [-0.1, -0.05) is 6.58 Å². The normalized spacial score (nSPS) is 29.8. The molecule has 3 rings (SSSR count). The highest BCUT2D eigenvalue weighted by atomic mass is 32.2. The Morgan fingerprint density at radius 1 is 1.45 bits per heavy atom. The molecule has 0 aliphatic carbocycles. The van der Waals surface area contributed by atoms with Crippen LogP contribution in [0.3, 0.4) is 0 Å². The molecule has 8 heteroatoms. The van der Waals surface area contributed by atoms with Crippen molar-refractivity contribution in [1.82, 2.24) is 14.5 Å². The van der Waals surface area contributed by atoms with Crippen LogP contribution in [0, 0.1) is 0 Å². The number of rotatable bonds is 4. The molecule has 118 valence electrons. The van der Waals surface area contributed by atoms with E-state index < -0.39 is 24.5 Å². The van der Waals surface area contributed by atoms with Crippen molar-refractivity contribution >= 4 is 27.7 Å². The van der Waals surface area contributed by atoms with Crippen LogP contribution in [-0.4, -0.2) is 55.1 Å². The first-order valence-electron chi connectivity index (χ1n) is 6.85. The zero-order valence-electron chi connectivity index (χ0n) is 12.2. The number of hydrogen-bond donors (Lipinski definition) is 3. The average Bonchev–Trinajstić information content (AvgIpc) is 3.05. The molecule has 1 saturated heterocycles. The van der Waals surface area contributed by atoms with Crippen molar-refractivity contribution in [1.29, 1.82) is 0 Å². The zero-order chi connectivity index (χ0) is 15.9. The molecule has 0 spiro atoms. The first kappa shape index (κ1) is 15.3. The Morgan fingerprint density at radius 2 is 2.23 bits per heavy atom. The second-order valence-corrected chi connectivity index (χ2v) is 7.34. The van der Waals surface area contributed by atoms with Crippen LogP contribution in [0.5, 0.6) is 0 Å². The van der Waals surface area contributed by atoms with E-state index in [-0.39, 0.29) is 10.9 Å². The van der Waals surface area contributed by atoms with E-state index in [1.165, 1.54) is 6.33 Å². The van der Waals surface area contributed by atoms with Gasteiger partial charge in [-0.05, 0) is 6.07 Å². The van der Waals surface area contributed by atoms with Crippen molar-refractivity contribution in [3.05, 3.63) is 30.6 Å². The molecule has 2 unspecified atom stereocenters. The van der Waals surface area contributed by atoms with Crippen LogP contribution in [0.25, 0.3) is 11.2 Å². The van der Waals surface area contributed by atoms with Crippen LogP contribution < -0.4 is 5.73 Å². The van der Waals surface area contributed by atoms with Gasteiger partial charge < -0.3 is 20.7 Å². The van der Waals surface area contributed by atoms with Gasteiger partial charge in [-0.3, -0.25) is 4.57 Å². The largest absolute Gasteiger partial charge is 0.397 e. The molecule has 0 bridgehead atoms. The number of aromatic nitrogens is 3. The lowest BCUT2D eigenvalue weighted by Gasteiger charge is -2.16. The summed E-state index contributed by atoms with van der Waals surface area (Å²) in [4.78, 5) is 8.45. The highest BCUT2D eigenvalue weighted by Gasteiger charge is 2.46. The minimum Gasteiger partial charge on any atom is -0.397 e. The SMILES string of the molecule is C=C[S+](C)C[C@H]1O[C@@H](n2cnc3c(N)ccnc32)[C@@H](O)C1O. The van der Waals surface area contributed by atoms with E-state index in [1.54, 1.807) is 16.8 Å². The summed E-state index contributed by atoms with van der Waals surface area (Å²) in [7, 11) is -0.0877. The number of ether oxygens (including phenoxy) is 1. The third-order valence-electron chi connectivity index (χ3n) is 3.82. The number of nitrogen functional groups attached to an aromatic ring is 1. The van der Waals surface area contributed by atoms with E-state index in [0.29, 0.717) is 22.6 Å². The number of nitrogens with zero attached hydrogens (tertiary/aromatic N) is 3. The van der Waals surface area contributed by atoms with Gasteiger partial charge in [0.05, 0.1) is 12.0 Å². The van der Waals surface area contributed by atoms with E-state index in [9.17, 15) is 10.2 Å². The molecule has 0 radical (unpaired) electrons. The number of nitrogens with two attached hydrogens (primary N) is 1. The maximum absolute atomic E-state index is 10.3. The Hall–Kier alpha value is -1.61. The van der Waals surface area contributed by atoms with Gasteiger partial charge in [-0.2, -0.15) is 0 Å². The molecule has 0 amide bonds. The Balaban J connectivity index is 1.91. The predicted octanol–water partition coefficient (Wildman–Crippen LogP) is 0.0243. The van der Waals surface area contributed by atoms with Gasteiger partial charge in [0.2, 0.25) is 0 Å². The Labute approximate surface area is 130 Å². The highest BCUT2D eigenvalue weighted by molar-refractivity contribution is 7.98. The first-order chi connectivity index (χ1) is 10.5. The number of anilines is 1. The molecular formula is C14H19N4O3S+. The molecule has 0 aromatic carbocycles. The summed E-state index contributed by atoms with van der Waals surface area (Å²) >= 11 is 0. The smallest absolute Gasteiger partial charge is 0.165 e. The molecule has 7 nitrogen and oxygen atoms in total. The third-order valence-corrected chi connectivity index (χ3v) is 5.24. The summed E-state index contributed by atoms with van der Waals surface area (Å²) in [6.45, 7) is 3.74. The topological polar surface area (TPSA) is 106 Å². The maximum atomic E-state index is 10.3. The van der Waals surface area contributed by atoms with E-state index in [1.807, 2.05) is 11.7 Å². The maximum Gasteiger partial charge on any atom is 0.165 e. The molecule has 2 aromatic rings. The number of aliphatic hydroxyl groups is 2. The summed E-state index contributed by atoms with van der Waals surface area (Å²) in [6.07, 6.45) is 1.91. The minimum absolute atomic E-state index is 0.0877. The summed E-state index contributed by atoms with van der Waals surface area (Å²) in [5.41, 5.74) is 7.45. The fraction of sp³-hybridized carbons (Fsp3) is 0.429. The Morgan fingerprint density at radius 3 is 2.95 bits per heavy atom. The number of pyridine rings is 1. The fourth-order valence-corrected chi connectivity index (χ4v) is 3.49. The minimum atomic E-state index is -1.05. The van der Waals surface area contributed by atoms with Gasteiger partial charge in [-0.25, -0.2) is 9.97 Å². The van der Waals surface area contributed by atoms with Crippen LogP contribution in [0.15, 0.2) is 30.6 Å². The van der Waals surface area contributed by atoms with Crippen molar-refractivity contribution in [2.45, 2.75) is 24.5 Å². The van der Waals surface area contributed by atoms with Gasteiger partial charge in [0.1, 0.15) is 41.2 Å². The van der Waals surface area contributed by atoms with Gasteiger partial charge in [0.15, 0.2) is 11.9 Å². The molecule has 4 N–H and O–H groups in total. The zero-order valence-corrected chi connectivity index (χ0v) is 13.0. The number of hydrogen-bond acceptors (Lipinski definition) is 6. The predicted molar refractivity (Wildman–Crippen MR) is 86.2 cm³/mol. The first-order valence-corrected chi connectivity index (χ1v) is 8.72. The van der Waals surface area contributed by atoms with Gasteiger partial charge in [-0.15, -0.1) is 0 Å². The lowest BCUT2D eigenvalue weighted by atomic mass is 10.1. The van der Waals surface area contributed by atoms with Gasteiger partial charge in [0.25, 0.3) is 0 Å². The van der Waals surface area contributed by atoms with Gasteiger partial charge in [0, 0.05) is 17.1 Å². The standard InChI is InChI=1S/C14H19N4O3S/c1-3-22(2)6-9-11(19)12(20)14(21-9)18-7-17-10-8(15)4-5-16-13(10)18/h3-5,7,9,11-12,14,19-20H,1,6H2,2H3,(H2,15,16)/q+1/t9-,11?,12+,14-,22?/m1/s1. The third kappa shape index (κ3) is 2.48. The van der Waals surface area contributed by atoms with E-state index in [0.717, 1.165) is 0 Å². The number of aliphatic hydroxyl groups excluding tert-OH is 2. The summed E-state index contributed by atoms with van der Waals surface area (Å²) < 4.78 is 7.46. The van der Waals surface area contributed by atoms with Crippen LogP contribution in [0.4, 0.5) is 5.69 Å². The molecule has 3 heterocycles. The molecule has 1 aliphatic rings. The van der Waals surface area contributed by atoms with E-state index in [4.69, 9.17) is 10.5 Å². The van der Waals surface area contributed by atoms with Crippen molar-refractivity contribution in [2.24, 2.45) is 0 Å². The lowest BCUT2D eigenvalue weighted by molar-refractivity contribution is -0.0289. The molecule has 22 heavy (non-hydrogen) atoms. The monoisotopic (exact) mass is 323 g/mol. The second kappa shape index (κ2) is 5.88. The summed E-state index contributed by atoms with van der Waals surface area (Å²) in [5, 5.41) is 22.3. The molecule has 1 fully saturated rings. The number of imidazole rings is 1. The number of fused-ring (bicyclic) bond motifs is 1. The van der Waals surface area contributed by atoms with Crippen LogP contribution in [0.2, 0.25) is 0 Å². The molecule has 5 atom stereocenters. The van der Waals surface area contributed by atoms with Crippen LogP contribution in [-0.2, 0) is 15.6 Å². The summed E-state index contributed by atoms with van der Waals surface area (Å²) in [6, 6.07) is 1.66. The van der Waals surface area contributed by atoms with E-state index in [2.05, 4.69) is 16.5 Å². The van der Waals surface area contributed by atoms with Crippen molar-refractivity contribution in [3.63, 3.8) is 0 Å². The Kier molecular flexibility index (Phi) is 4.09. The van der Waals surface area contributed by atoms with E-state index >= 15 is 0 Å².